The number of hydrogen-bond donors (Lipinski definition) is 12. The number of benzene rings is 2. The normalized spacial score (nSPS) is 6.88. The highest BCUT2D eigenvalue weighted by atomic mass is 16.3. The highest BCUT2D eigenvalue weighted by Crippen LogP contribution is 2.07. The molecule has 2 aromatic carbocycles. The standard InChI is InChI=1S/2C8H10.C7H13NO.3C5H12.C5H10.C3H8O.2C2H6.8CH5N.11CH2O.3H3N/c2*1-2-8-6-4-3-5-7-8;1-7(9)8-5-3-2-4-6-8;4*1-4-5(2)3;1-3(2)4;21*1-2;;;/h2*3-7H,2H2,1H3;2-6H2,1H3;3*5H,4H2,1-3H3;2,4H2,1,3H3;3-4H,1-2H3;2*1-2H3;8*2H2,1H3;11*1H2;3*1H3. The molecule has 0 radical (unpaired) electrons. The molecule has 0 bridgehead atoms. The number of aryl methyl sites for hydroxylation is 2. The Kier molecular flexibility index (Phi) is 747. The van der Waals surface area contributed by atoms with Crippen LogP contribution in [0.5, 0.6) is 0 Å². The zero-order chi connectivity index (χ0) is 81.0. The second kappa shape index (κ2) is 367. The SMILES string of the molecule is C=C(C)CC.C=O.C=O.C=O.C=O.C=O.C=O.C=O.C=O.C=O.C=O.C=O.CC.CC.CC(=O)N1CCCCC1.CC(C)O.CCC(C)C.CCC(C)C.CCC(C)C.CCc1ccccc1.CCc1ccccc1.CN.CN.CN.CN.CN.CN.CN.CN.N.N.N. The van der Waals surface area contributed by atoms with E-state index in [4.69, 9.17) is 57.8 Å². The third-order valence-corrected chi connectivity index (χ3v) is 7.36. The van der Waals surface area contributed by atoms with Crippen LogP contribution in [0.1, 0.15) is 195 Å². The summed E-state index contributed by atoms with van der Waals surface area (Å²) in [4.78, 5) is 101. The molecule has 0 aliphatic carbocycles. The first-order chi connectivity index (χ1) is 44.0. The predicted molar refractivity (Wildman–Crippen MR) is 423 cm³/mol. The average molecular weight is 1380 g/mol. The van der Waals surface area contributed by atoms with Crippen molar-refractivity contribution >= 4 is 80.6 Å². The third-order valence-electron chi connectivity index (χ3n) is 7.36. The first kappa shape index (κ1) is 191. The van der Waals surface area contributed by atoms with Gasteiger partial charge in [-0.05, 0) is 145 Å². The van der Waals surface area contributed by atoms with Crippen molar-refractivity contribution in [3.05, 3.63) is 83.9 Å². The summed E-state index contributed by atoms with van der Waals surface area (Å²) < 4.78 is 0. The Labute approximate surface area is 583 Å². The van der Waals surface area contributed by atoms with Gasteiger partial charge >= 0.3 is 0 Å². The monoisotopic (exact) mass is 1380 g/mol. The molecule has 1 saturated heterocycles. The molecule has 2 aromatic rings. The Hall–Kier alpha value is -6.46. The van der Waals surface area contributed by atoms with Crippen molar-refractivity contribution in [3.8, 4) is 0 Å². The summed E-state index contributed by atoms with van der Waals surface area (Å²) in [5.41, 5.74) is 40.1. The lowest BCUT2D eigenvalue weighted by molar-refractivity contribution is -0.129. The summed E-state index contributed by atoms with van der Waals surface area (Å²) in [5.74, 6) is 2.88. The Bertz CT molecular complexity index is 1040. The van der Waals surface area contributed by atoms with Gasteiger partial charge in [0.25, 0.3) is 0 Å². The topological polar surface area (TPSA) is 541 Å². The fraction of sp³-hybridized carbons (Fsp3) is 0.623. The summed E-state index contributed by atoms with van der Waals surface area (Å²) in [6.45, 7) is 69.1. The van der Waals surface area contributed by atoms with E-state index in [1.807, 2.05) is 126 Å². The van der Waals surface area contributed by atoms with Gasteiger partial charge in [0.2, 0.25) is 5.91 Å². The van der Waals surface area contributed by atoms with E-state index in [-0.39, 0.29) is 30.5 Å². The van der Waals surface area contributed by atoms with E-state index < -0.39 is 0 Å². The minimum absolute atomic E-state index is 0. The molecule has 3 rings (SSSR count). The Morgan fingerprint density at radius 2 is 0.500 bits per heavy atom. The van der Waals surface area contributed by atoms with Crippen LogP contribution in [-0.4, -0.2) is 166 Å². The molecule has 1 amide bonds. The van der Waals surface area contributed by atoms with Crippen LogP contribution >= 0.6 is 0 Å². The van der Waals surface area contributed by atoms with E-state index in [9.17, 15) is 4.79 Å². The number of aliphatic hydroxyl groups is 1. The van der Waals surface area contributed by atoms with Crippen LogP contribution in [0.25, 0.3) is 0 Å². The molecular formula is C69H170N12O13. The van der Waals surface area contributed by atoms with Crippen LogP contribution < -0.4 is 64.3 Å². The zero-order valence-corrected chi connectivity index (χ0v) is 66.9. The Morgan fingerprint density at radius 3 is 0.564 bits per heavy atom. The largest absolute Gasteiger partial charge is 0.394 e. The van der Waals surface area contributed by atoms with Gasteiger partial charge in [0.1, 0.15) is 74.7 Å². The number of piperidine rings is 1. The van der Waals surface area contributed by atoms with Gasteiger partial charge in [0.15, 0.2) is 0 Å². The molecule has 94 heavy (non-hydrogen) atoms. The Morgan fingerprint density at radius 1 is 0.372 bits per heavy atom. The van der Waals surface area contributed by atoms with Gasteiger partial charge < -0.3 is 127 Å². The number of aliphatic hydroxyl groups excluding tert-OH is 1. The zero-order valence-electron chi connectivity index (χ0n) is 66.9. The van der Waals surface area contributed by atoms with Crippen molar-refractivity contribution in [2.24, 2.45) is 63.6 Å². The summed E-state index contributed by atoms with van der Waals surface area (Å²) in [6, 6.07) is 20.9. The molecule has 1 aliphatic rings. The summed E-state index contributed by atoms with van der Waals surface area (Å²) in [5, 5.41) is 8.06. The molecule has 1 aliphatic heterocycles. The summed E-state index contributed by atoms with van der Waals surface area (Å²) in [6.07, 6.45) is 10.8. The molecule has 0 saturated carbocycles. The van der Waals surface area contributed by atoms with Gasteiger partial charge in [0, 0.05) is 26.1 Å². The molecule has 1 heterocycles. The van der Waals surface area contributed by atoms with Gasteiger partial charge in [-0.3, -0.25) is 4.79 Å². The third kappa shape index (κ3) is 543. The molecule has 0 aromatic heterocycles. The van der Waals surface area contributed by atoms with E-state index in [0.29, 0.717) is 0 Å². The van der Waals surface area contributed by atoms with Crippen molar-refractivity contribution in [3.63, 3.8) is 0 Å². The average Bonchev–Trinajstić information content (AvgIpc) is 3.68. The summed E-state index contributed by atoms with van der Waals surface area (Å²) in [7, 11) is 12.0. The number of rotatable bonds is 6. The molecule has 25 nitrogen and oxygen atoms in total. The molecule has 584 valence electrons. The van der Waals surface area contributed by atoms with Crippen molar-refractivity contribution in [2.45, 2.75) is 202 Å². The lowest BCUT2D eigenvalue weighted by atomic mass is 10.1. The number of amides is 1. The van der Waals surface area contributed by atoms with Crippen LogP contribution in [0.3, 0.4) is 0 Å². The maximum Gasteiger partial charge on any atom is 0.219 e. The molecule has 1 fully saturated rings. The van der Waals surface area contributed by atoms with Crippen LogP contribution in [0.15, 0.2) is 72.8 Å². The van der Waals surface area contributed by atoms with E-state index >= 15 is 0 Å². The van der Waals surface area contributed by atoms with Crippen molar-refractivity contribution in [2.75, 3.05) is 69.5 Å². The lowest BCUT2D eigenvalue weighted by Crippen LogP contribution is -2.33. The van der Waals surface area contributed by atoms with E-state index in [1.165, 1.54) is 112 Å². The predicted octanol–water partition coefficient (Wildman–Crippen LogP) is 11.1. The second-order valence-electron chi connectivity index (χ2n) is 14.1. The molecule has 0 atom stereocenters. The smallest absolute Gasteiger partial charge is 0.219 e. The number of nitrogens with zero attached hydrogens (tertiary/aromatic N) is 1. The maximum absolute atomic E-state index is 10.7. The van der Waals surface area contributed by atoms with Crippen molar-refractivity contribution < 1.29 is 62.6 Å². The second-order valence-corrected chi connectivity index (χ2v) is 14.1. The molecule has 0 unspecified atom stereocenters. The van der Waals surface area contributed by atoms with Gasteiger partial charge in [-0.2, -0.15) is 0 Å². The minimum atomic E-state index is -0.167. The van der Waals surface area contributed by atoms with Crippen LogP contribution in [0.4, 0.5) is 0 Å². The fourth-order valence-electron chi connectivity index (χ4n) is 2.64. The van der Waals surface area contributed by atoms with Gasteiger partial charge in [-0.25, -0.2) is 0 Å². The fourth-order valence-corrected chi connectivity index (χ4v) is 2.64. The number of likely N-dealkylation sites (tertiary alicyclic amines) is 1. The maximum atomic E-state index is 10.7. The molecule has 25 heteroatoms. The number of carbonyl (C=O) groups excluding carboxylic acids is 12. The number of nitrogens with two attached hydrogens (primary N) is 8. The van der Waals surface area contributed by atoms with Crippen molar-refractivity contribution in [1.29, 1.82) is 0 Å². The highest BCUT2D eigenvalue weighted by molar-refractivity contribution is 5.73. The van der Waals surface area contributed by atoms with Crippen LogP contribution in [0, 0.1) is 17.8 Å². The molecule has 0 spiro atoms. The summed E-state index contributed by atoms with van der Waals surface area (Å²) >= 11 is 0. The number of carbonyl (C=O) groups is 12. The van der Waals surface area contributed by atoms with Crippen LogP contribution in [0.2, 0.25) is 0 Å². The first-order valence-corrected chi connectivity index (χ1v) is 29.4. The van der Waals surface area contributed by atoms with Gasteiger partial charge in [-0.1, -0.05) is 196 Å². The highest BCUT2D eigenvalue weighted by Gasteiger charge is 2.11. The minimum Gasteiger partial charge on any atom is -0.394 e. The number of allylic oxidation sites excluding steroid dienone is 1. The Balaban J connectivity index is -0.0000000177. The van der Waals surface area contributed by atoms with Gasteiger partial charge in [-0.15, -0.1) is 6.58 Å². The van der Waals surface area contributed by atoms with Gasteiger partial charge in [0.05, 0.1) is 0 Å². The van der Waals surface area contributed by atoms with E-state index in [1.54, 1.807) is 20.8 Å². The quantitative estimate of drug-likeness (QED) is 0.120. The van der Waals surface area contributed by atoms with Crippen molar-refractivity contribution in [1.82, 2.24) is 23.4 Å². The van der Waals surface area contributed by atoms with Crippen LogP contribution in [-0.2, 0) is 70.4 Å². The lowest BCUT2D eigenvalue weighted by Gasteiger charge is -2.24. The molecular weight excluding hydrogens is 1200 g/mol. The first-order valence-electron chi connectivity index (χ1n) is 29.4. The van der Waals surface area contributed by atoms with E-state index in [0.717, 1.165) is 50.1 Å². The molecule has 26 N–H and O–H groups in total. The number of hydrogen-bond acceptors (Lipinski definition) is 24. The van der Waals surface area contributed by atoms with E-state index in [2.05, 4.69) is 184 Å².